The molecule has 3 aromatic carbocycles. The van der Waals surface area contributed by atoms with E-state index in [4.69, 9.17) is 34.2 Å². The average Bonchev–Trinajstić information content (AvgIpc) is 0.859. The molecule has 3 aromatic heterocycles. The van der Waals surface area contributed by atoms with Gasteiger partial charge in [0.25, 0.3) is 0 Å². The molecule has 22 N–H and O–H groups in total. The number of aromatic amines is 3. The number of nitrogens with one attached hydrogen (secondary N) is 15. The highest BCUT2D eigenvalue weighted by molar-refractivity contribution is 8.00. The molecule has 6 aromatic rings. The number of rotatable bonds is 26. The number of thioether (sulfide) groups is 1. The number of nitrogens with two attached hydrogens (primary N) is 3. The molecule has 0 bridgehead atoms. The molecule has 2 saturated heterocycles. The number of H-pyrrole nitrogens is 3. The van der Waals surface area contributed by atoms with Crippen LogP contribution in [-0.2, 0) is 107 Å². The molecule has 133 heavy (non-hydrogen) atoms. The number of hydrogen-bond donors (Lipinski definition) is 19. The number of amides is 17. The first-order valence-corrected chi connectivity index (χ1v) is 45.8. The van der Waals surface area contributed by atoms with Gasteiger partial charge < -0.3 is 120 Å². The lowest BCUT2D eigenvalue weighted by Gasteiger charge is -2.36. The number of likely N-dealkylation sites (N-methyl/N-ethyl adjacent to an activating group) is 4. The fourth-order valence-electron chi connectivity index (χ4n) is 15.8. The maximum atomic E-state index is 15.7. The molecule has 2 aliphatic heterocycles. The van der Waals surface area contributed by atoms with E-state index in [1.54, 1.807) is 93.0 Å². The van der Waals surface area contributed by atoms with Crippen LogP contribution in [0.25, 0.3) is 21.8 Å². The number of hydrogen-bond acceptors (Lipinski definition) is 21. The van der Waals surface area contributed by atoms with Gasteiger partial charge in [0.15, 0.2) is 5.96 Å². The lowest BCUT2D eigenvalue weighted by molar-refractivity contribution is -0.149. The van der Waals surface area contributed by atoms with Crippen LogP contribution in [0.4, 0.5) is 0 Å². The Morgan fingerprint density at radius 1 is 0.549 bits per heavy atom. The maximum Gasteiger partial charge on any atom is 0.246 e. The number of aliphatic hydroxyl groups is 1. The molecular weight excluding hydrogens is 1760 g/mol. The fraction of sp³-hybridized carbons (Fsp3) is 0.517. The van der Waals surface area contributed by atoms with Gasteiger partial charge >= 0.3 is 0 Å². The first-order valence-electron chi connectivity index (χ1n) is 44.3. The molecule has 2 aliphatic rings. The van der Waals surface area contributed by atoms with Gasteiger partial charge in [-0.3, -0.25) is 86.9 Å². The third-order valence-electron chi connectivity index (χ3n) is 23.2. The van der Waals surface area contributed by atoms with Crippen LogP contribution in [0.3, 0.4) is 0 Å². The van der Waals surface area contributed by atoms with E-state index in [0.717, 1.165) is 36.3 Å². The lowest BCUT2D eigenvalue weighted by atomic mass is 10.00. The number of imidazole rings is 1. The Bertz CT molecular complexity index is 5130. The minimum Gasteiger partial charge on any atom is -0.394 e. The minimum atomic E-state index is -1.85. The van der Waals surface area contributed by atoms with Crippen LogP contribution in [-0.4, -0.2) is 307 Å². The van der Waals surface area contributed by atoms with Crippen molar-refractivity contribution in [3.63, 3.8) is 0 Å². The molecular formula is C89H125ClN24O18S. The van der Waals surface area contributed by atoms with Crippen molar-refractivity contribution in [3.8, 4) is 0 Å². The molecule has 0 spiro atoms. The zero-order valence-corrected chi connectivity index (χ0v) is 77.7. The topological polar surface area (TPSA) is 621 Å². The van der Waals surface area contributed by atoms with E-state index in [1.165, 1.54) is 53.7 Å². The molecule has 13 atom stereocenters. The number of para-hydroxylation sites is 2. The van der Waals surface area contributed by atoms with E-state index < -0.39 is 223 Å². The van der Waals surface area contributed by atoms with Crippen LogP contribution in [0.5, 0.6) is 0 Å². The molecule has 0 unspecified atom stereocenters. The van der Waals surface area contributed by atoms with E-state index in [2.05, 4.69) is 78.4 Å². The molecule has 44 heteroatoms. The van der Waals surface area contributed by atoms with Gasteiger partial charge in [0.05, 0.1) is 38.2 Å². The smallest absolute Gasteiger partial charge is 0.246 e. The molecule has 722 valence electrons. The second kappa shape index (κ2) is 51.0. The first-order chi connectivity index (χ1) is 63.3. The third kappa shape index (κ3) is 30.4. The van der Waals surface area contributed by atoms with Crippen molar-refractivity contribution in [1.29, 1.82) is 5.41 Å². The molecule has 2 fully saturated rings. The molecule has 8 rings (SSSR count). The predicted molar refractivity (Wildman–Crippen MR) is 495 cm³/mol. The zero-order chi connectivity index (χ0) is 97.4. The SMILES string of the molecule is CCCC[C@H]1C(=O)N(C)[C@@H](CCCC)C(=O)N[C@@H](CCCNC(=N)N)C(=O)N[C@H](C(=O)NCC(N)=O)CSCC(=O)N[C@@H](Cc2ccccc2Cl)C(=O)N(C)[C@@H](C)C(=O)N[C@@H](CC(N)=O)C(=O)N2CCC[C@H]2C(=O)N[C@@H](Cc2cnc[nH]2)C(=O)N[C@@H](CC(C)C)C(=O)N(C)CC(=O)N[C@@H](Cc2c[nH]c3ccccc23)C(=O)N[C@@H](CO)C(=O)N[C@@H](Cc2c[nH]c3ccccc23)C(=O)N1C. The number of carbonyl (C=O) groups is 17. The van der Waals surface area contributed by atoms with Crippen LogP contribution in [0, 0.1) is 11.3 Å². The van der Waals surface area contributed by atoms with Crippen LogP contribution in [0.15, 0.2) is 97.7 Å². The van der Waals surface area contributed by atoms with Crippen molar-refractivity contribution in [2.75, 3.05) is 72.5 Å². The summed E-state index contributed by atoms with van der Waals surface area (Å²) in [7, 11) is 5.21. The van der Waals surface area contributed by atoms with Crippen LogP contribution in [0.2, 0.25) is 5.02 Å². The standard InChI is InChI=1S/C89H125ClN24O18S/c1-10-12-29-69-82(126)103-60(28-20-32-96-89(93)94)78(122)109-68(77(121)99-43-73(92)117)46-133-47-75(119)102-64(35-51-22-14-17-25-57(51)90)85(129)111(7)50(5)76(120)105-66(39-72(91)116)87(131)114-33-21-31-70(114)83(127)104-62(38-54-42-95-48-100-54)80(124)106-63(34-49(3)4)84(128)110(6)44-74(118)101-61(36-52-40-97-58-26-18-15-23-55(52)58)79(123)108-67(45-115)81(125)107-65(37-53-41-98-59-27-19-16-24-56(53)59)86(130)113(9)71(30-13-11-2)88(132)112(69)8/h14-19,22-27,40-42,48-50,60-71,97-98,115H,10-13,20-21,28-39,43-47H2,1-9H3,(H2,91,116)(H2,92,117)(H,95,100)(H,99,121)(H,101,118)(H,102,119)(H,103,126)(H,104,127)(H,105,120)(H,106,124)(H,107,125)(H,108,123)(H,109,122)(H4,93,94,96)/t50-,60-,61-,62-,63-,64-,65-,66-,67-,68-,69-,70-,71-/m0/s1. The first kappa shape index (κ1) is 105. The van der Waals surface area contributed by atoms with Gasteiger partial charge in [-0.15, -0.1) is 11.8 Å². The van der Waals surface area contributed by atoms with Crippen molar-refractivity contribution in [2.45, 2.75) is 216 Å². The Balaban J connectivity index is 1.19. The quantitative estimate of drug-likeness (QED) is 0.0167. The summed E-state index contributed by atoms with van der Waals surface area (Å²) in [4.78, 5) is 267. The van der Waals surface area contributed by atoms with Gasteiger partial charge in [-0.1, -0.05) is 120 Å². The Labute approximate surface area is 779 Å². The number of guanidine groups is 1. The molecule has 42 nitrogen and oxygen atoms in total. The summed E-state index contributed by atoms with van der Waals surface area (Å²) in [5.74, 6) is -17.4. The molecule has 5 heterocycles. The summed E-state index contributed by atoms with van der Waals surface area (Å²) in [6, 6.07) is 0.574. The number of carbonyl (C=O) groups excluding carboxylic acids is 17. The van der Waals surface area contributed by atoms with Gasteiger partial charge in [-0.05, 0) is 92.7 Å². The highest BCUT2D eigenvalue weighted by atomic mass is 35.5. The monoisotopic (exact) mass is 1880 g/mol. The molecule has 17 amide bonds. The average molecular weight is 1890 g/mol. The van der Waals surface area contributed by atoms with Crippen molar-refractivity contribution in [2.24, 2.45) is 23.1 Å². The summed E-state index contributed by atoms with van der Waals surface area (Å²) in [5, 5.41) is 49.5. The van der Waals surface area contributed by atoms with Crippen molar-refractivity contribution in [1.82, 2.24) is 103 Å². The second-order valence-electron chi connectivity index (χ2n) is 33.8. The highest BCUT2D eigenvalue weighted by Gasteiger charge is 2.44. The van der Waals surface area contributed by atoms with Crippen molar-refractivity contribution < 1.29 is 86.6 Å². The van der Waals surface area contributed by atoms with Gasteiger partial charge in [-0.2, -0.15) is 0 Å². The Morgan fingerprint density at radius 3 is 1.68 bits per heavy atom. The lowest BCUT2D eigenvalue weighted by Crippen LogP contribution is -2.61. The number of primary amides is 2. The van der Waals surface area contributed by atoms with E-state index in [1.807, 2.05) is 13.8 Å². The number of halogens is 1. The Hall–Kier alpha value is -13.2. The number of nitrogens with zero attached hydrogens (tertiary/aromatic N) is 6. The van der Waals surface area contributed by atoms with Gasteiger partial charge in [0.1, 0.15) is 78.5 Å². The van der Waals surface area contributed by atoms with Crippen LogP contribution < -0.4 is 75.7 Å². The number of aliphatic hydroxyl groups excluding tert-OH is 1. The van der Waals surface area contributed by atoms with Crippen LogP contribution in [0.1, 0.15) is 134 Å². The second-order valence-corrected chi connectivity index (χ2v) is 35.2. The number of benzene rings is 3. The van der Waals surface area contributed by atoms with Gasteiger partial charge in [0, 0.05) is 124 Å². The zero-order valence-electron chi connectivity index (χ0n) is 76.2. The van der Waals surface area contributed by atoms with Gasteiger partial charge in [0.2, 0.25) is 100 Å². The molecule has 0 aliphatic carbocycles. The normalized spacial score (nSPS) is 23.4. The van der Waals surface area contributed by atoms with E-state index in [9.17, 15) is 62.6 Å². The van der Waals surface area contributed by atoms with E-state index in [-0.39, 0.29) is 94.7 Å². The summed E-state index contributed by atoms with van der Waals surface area (Å²) in [5.41, 5.74) is 19.8. The van der Waals surface area contributed by atoms with E-state index >= 15 is 24.0 Å². The highest BCUT2D eigenvalue weighted by Crippen LogP contribution is 2.27. The number of aromatic nitrogens is 4. The Morgan fingerprint density at radius 2 is 1.08 bits per heavy atom. The molecule has 0 saturated carbocycles. The largest absolute Gasteiger partial charge is 0.394 e. The summed E-state index contributed by atoms with van der Waals surface area (Å²) < 4.78 is 0. The van der Waals surface area contributed by atoms with Gasteiger partial charge in [-0.25, -0.2) is 4.98 Å². The number of unbranched alkanes of at least 4 members (excludes halogenated alkanes) is 2. The summed E-state index contributed by atoms with van der Waals surface area (Å²) >= 11 is 7.41. The number of fused-ring (bicyclic) bond motifs is 3. The Kier molecular flexibility index (Phi) is 40.3. The maximum absolute atomic E-state index is 15.7. The van der Waals surface area contributed by atoms with Crippen molar-refractivity contribution >= 4 is 152 Å². The summed E-state index contributed by atoms with van der Waals surface area (Å²) in [6.45, 7) is 5.85. The van der Waals surface area contributed by atoms with Crippen LogP contribution >= 0.6 is 23.4 Å². The van der Waals surface area contributed by atoms with E-state index in [0.29, 0.717) is 69.9 Å². The van der Waals surface area contributed by atoms with Crippen molar-refractivity contribution in [3.05, 3.63) is 125 Å². The predicted octanol–water partition coefficient (Wildman–Crippen LogP) is -1.48. The fourth-order valence-corrected chi connectivity index (χ4v) is 16.9. The third-order valence-corrected chi connectivity index (χ3v) is 24.6. The summed E-state index contributed by atoms with van der Waals surface area (Å²) in [6.07, 6.45) is 5.76. The molecule has 0 radical (unpaired) electrons. The minimum absolute atomic E-state index is 0.00170.